The molecule has 0 radical (unpaired) electrons. The number of hydrogen-bond donors (Lipinski definition) is 2. The lowest BCUT2D eigenvalue weighted by Gasteiger charge is -2.18. The molecule has 12 rings (SSSR count). The fraction of sp³-hybridized carbons (Fsp3) is 0.129. The van der Waals surface area contributed by atoms with Crippen molar-refractivity contribution in [1.29, 1.82) is 0 Å². The van der Waals surface area contributed by atoms with E-state index in [0.29, 0.717) is 101 Å². The van der Waals surface area contributed by atoms with Crippen molar-refractivity contribution in [3.05, 3.63) is 232 Å². The van der Waals surface area contributed by atoms with Gasteiger partial charge in [0.05, 0.1) is 78.0 Å². The number of carbonyl (C=O) groups is 2. The molecule has 16 nitrogen and oxygen atoms in total. The number of aromatic nitrogens is 8. The Morgan fingerprint density at radius 2 is 1.05 bits per heavy atom. The highest BCUT2D eigenvalue weighted by atomic mass is 32.1. The smallest absolute Gasteiger partial charge is 0.257 e. The number of rotatable bonds is 8. The van der Waals surface area contributed by atoms with Crippen LogP contribution in [-0.4, -0.2) is 51.0 Å². The molecule has 4 aromatic carbocycles. The van der Waals surface area contributed by atoms with E-state index in [0.717, 1.165) is 15.4 Å². The molecule has 0 fully saturated rings. The van der Waals surface area contributed by atoms with Crippen LogP contribution in [0.3, 0.4) is 0 Å². The Hall–Kier alpha value is -10.1. The van der Waals surface area contributed by atoms with Gasteiger partial charge in [0, 0.05) is 35.9 Å². The zero-order valence-corrected chi connectivity index (χ0v) is 44.6. The number of carbonyl (C=O) groups excluding carboxylic acids is 2. The third-order valence-electron chi connectivity index (χ3n) is 12.9. The Kier molecular flexibility index (Phi) is 15.2. The number of nitrogens with zero attached hydrogens (tertiary/aromatic N) is 8. The molecule has 0 saturated heterocycles. The molecule has 8 aromatic heterocycles. The molecule has 0 aliphatic heterocycles. The van der Waals surface area contributed by atoms with Gasteiger partial charge in [-0.05, 0) is 94.0 Å². The first-order valence-corrected chi connectivity index (χ1v) is 26.5. The van der Waals surface area contributed by atoms with E-state index >= 15 is 0 Å². The molecule has 394 valence electrons. The molecule has 80 heavy (non-hydrogen) atoms. The van der Waals surface area contributed by atoms with Crippen LogP contribution in [0, 0.1) is 44.5 Å². The van der Waals surface area contributed by atoms with Crippen molar-refractivity contribution in [3.8, 4) is 45.9 Å². The lowest BCUT2D eigenvalue weighted by molar-refractivity contribution is 0.0928. The molecule has 0 aliphatic carbocycles. The number of thiazole rings is 2. The maximum atomic E-state index is 14.2. The molecule has 0 aliphatic rings. The van der Waals surface area contributed by atoms with Crippen LogP contribution in [0.5, 0.6) is 0 Å². The van der Waals surface area contributed by atoms with Gasteiger partial charge in [0.15, 0.2) is 11.3 Å². The number of aryl methyl sites for hydroxylation is 3. The normalized spacial score (nSPS) is 11.6. The van der Waals surface area contributed by atoms with Gasteiger partial charge in [-0.2, -0.15) is 10.2 Å². The zero-order chi connectivity index (χ0) is 54.7. The van der Waals surface area contributed by atoms with Crippen LogP contribution in [0.1, 0.15) is 104 Å². The Labute approximate surface area is 465 Å². The van der Waals surface area contributed by atoms with Gasteiger partial charge in [0.1, 0.15) is 33.8 Å². The summed E-state index contributed by atoms with van der Waals surface area (Å²) < 4.78 is 15.9. The number of fused-ring (bicyclic) bond motifs is 4. The number of nitrogens with one attached hydrogen (secondary N) is 2. The lowest BCUT2D eigenvalue weighted by atomic mass is 9.97. The second-order valence-electron chi connectivity index (χ2n) is 18.1. The molecule has 2 atom stereocenters. The fourth-order valence-corrected chi connectivity index (χ4v) is 10.4. The minimum atomic E-state index is -0.646. The highest BCUT2D eigenvalue weighted by molar-refractivity contribution is 7.10. The zero-order valence-electron chi connectivity index (χ0n) is 42.9. The molecule has 0 unspecified atom stereocenters. The number of amides is 2. The summed E-state index contributed by atoms with van der Waals surface area (Å²) in [4.78, 5) is 73.7. The third kappa shape index (κ3) is 10.4. The monoisotopic (exact) mass is 1090 g/mol. The largest absolute Gasteiger partial charge is 0.458 e. The van der Waals surface area contributed by atoms with E-state index in [-0.39, 0.29) is 30.1 Å². The van der Waals surface area contributed by atoms with Crippen LogP contribution in [0.25, 0.3) is 55.5 Å². The van der Waals surface area contributed by atoms with Gasteiger partial charge in [0.2, 0.25) is 10.9 Å². The van der Waals surface area contributed by atoms with Gasteiger partial charge in [-0.3, -0.25) is 24.2 Å². The quantitative estimate of drug-likeness (QED) is 0.136. The number of benzene rings is 4. The first kappa shape index (κ1) is 53.3. The highest BCUT2D eigenvalue weighted by Crippen LogP contribution is 2.33. The maximum Gasteiger partial charge on any atom is 0.257 e. The summed E-state index contributed by atoms with van der Waals surface area (Å²) in [5.74, 6) is 12.4. The van der Waals surface area contributed by atoms with E-state index < -0.39 is 12.1 Å². The van der Waals surface area contributed by atoms with E-state index in [2.05, 4.69) is 64.4 Å². The van der Waals surface area contributed by atoms with Crippen molar-refractivity contribution in [2.24, 2.45) is 0 Å². The molecule has 8 heterocycles. The van der Waals surface area contributed by atoms with E-state index in [1.165, 1.54) is 22.7 Å². The summed E-state index contributed by atoms with van der Waals surface area (Å²) in [5, 5.41) is 15.5. The standard InChI is InChI=1S/C31H23N5O3S.C30H21N5O3S.CH4/c1-18-24(40-17-33-18)14-13-22-11-7-12-23-26(22)28(37)27(21-9-5-4-6-10-21)29(39-23)20(3)34-31(38)25-19(2)35-36-16-8-15-32-30(25)36;1-18-24(29-32-14-7-15-35(29)34-18)30(37)33-19(2)28-26(20-8-4-3-5-9-20)27(36)25-21(10-6-11-23(25)38-28)12-13-22-16-31-17-39-22;/h4-12,15-17,20H,1-3H3,(H,34,38);3-11,14-17,19H,1-2H3,(H,33,37);1H4/t20-;19-;/m00./s1. The third-order valence-corrected chi connectivity index (χ3v) is 14.4. The van der Waals surface area contributed by atoms with E-state index in [4.69, 9.17) is 8.83 Å². The average molecular weight is 1090 g/mol. The minimum absolute atomic E-state index is 0. The summed E-state index contributed by atoms with van der Waals surface area (Å²) >= 11 is 2.88. The summed E-state index contributed by atoms with van der Waals surface area (Å²) in [6, 6.07) is 31.5. The lowest BCUT2D eigenvalue weighted by Crippen LogP contribution is -2.28. The van der Waals surface area contributed by atoms with Crippen LogP contribution >= 0.6 is 22.7 Å². The van der Waals surface area contributed by atoms with Crippen LogP contribution < -0.4 is 21.5 Å². The Bertz CT molecular complexity index is 4580. The SMILES string of the molecule is C.Cc1ncsc1C#Cc1cccc2oc([C@H](C)NC(=O)c3c(C)nn4cccnc34)c(-c3ccccc3)c(=O)c12.Cc1nn2cccnc2c1C(=O)N[C@@H](C)c1oc2cccc(C#Cc3cncs3)c2c(=O)c1-c1ccccc1. The molecule has 2 N–H and O–H groups in total. The molecular weight excluding hydrogens is 1040 g/mol. The summed E-state index contributed by atoms with van der Waals surface area (Å²) in [6.07, 6.45) is 8.39. The topological polar surface area (TPSA) is 205 Å². The molecule has 2 amide bonds. The van der Waals surface area contributed by atoms with Crippen LogP contribution in [0.4, 0.5) is 0 Å². The Morgan fingerprint density at radius 3 is 1.50 bits per heavy atom. The summed E-state index contributed by atoms with van der Waals surface area (Å²) in [6.45, 7) is 9.00. The Morgan fingerprint density at radius 1 is 0.562 bits per heavy atom. The molecule has 18 heteroatoms. The van der Waals surface area contributed by atoms with Gasteiger partial charge < -0.3 is 19.5 Å². The van der Waals surface area contributed by atoms with Crippen LogP contribution in [-0.2, 0) is 0 Å². The van der Waals surface area contributed by atoms with E-state index in [1.807, 2.05) is 73.7 Å². The van der Waals surface area contributed by atoms with Gasteiger partial charge in [-0.1, -0.05) is 92.1 Å². The van der Waals surface area contributed by atoms with E-state index in [9.17, 15) is 19.2 Å². The van der Waals surface area contributed by atoms with Gasteiger partial charge >= 0.3 is 0 Å². The predicted octanol–water partition coefficient (Wildman–Crippen LogP) is 11.3. The molecule has 12 aromatic rings. The van der Waals surface area contributed by atoms with Crippen molar-refractivity contribution in [2.75, 3.05) is 0 Å². The van der Waals surface area contributed by atoms with Crippen molar-refractivity contribution < 1.29 is 18.4 Å². The first-order chi connectivity index (χ1) is 38.4. The van der Waals surface area contributed by atoms with Crippen molar-refractivity contribution in [3.63, 3.8) is 0 Å². The van der Waals surface area contributed by atoms with Crippen molar-refractivity contribution in [2.45, 2.75) is 54.1 Å². The van der Waals surface area contributed by atoms with Gasteiger partial charge in [-0.15, -0.1) is 22.7 Å². The van der Waals surface area contributed by atoms with Crippen LogP contribution in [0.2, 0.25) is 0 Å². The van der Waals surface area contributed by atoms with Gasteiger partial charge in [0.25, 0.3) is 11.8 Å². The summed E-state index contributed by atoms with van der Waals surface area (Å²) in [5.41, 5.74) is 10.6. The predicted molar refractivity (Wildman–Crippen MR) is 311 cm³/mol. The van der Waals surface area contributed by atoms with Crippen molar-refractivity contribution >= 4 is 67.7 Å². The first-order valence-electron chi connectivity index (χ1n) is 24.8. The second-order valence-corrected chi connectivity index (χ2v) is 19.9. The van der Waals surface area contributed by atoms with Crippen LogP contribution in [0.15, 0.2) is 170 Å². The van der Waals surface area contributed by atoms with Crippen molar-refractivity contribution in [1.82, 2.24) is 49.8 Å². The molecule has 0 saturated carbocycles. The molecular formula is C62H48N10O6S2. The summed E-state index contributed by atoms with van der Waals surface area (Å²) in [7, 11) is 0. The molecule has 0 spiro atoms. The number of hydrogen-bond acceptors (Lipinski definition) is 14. The van der Waals surface area contributed by atoms with Gasteiger partial charge in [-0.25, -0.2) is 24.0 Å². The van der Waals surface area contributed by atoms with E-state index in [1.54, 1.807) is 121 Å². The highest BCUT2D eigenvalue weighted by Gasteiger charge is 2.28. The average Bonchev–Trinajstić information content (AvgIpc) is 4.30. The molecule has 0 bridgehead atoms. The Balaban J connectivity index is 0.000000178. The fourth-order valence-electron chi connectivity index (χ4n) is 9.23. The maximum absolute atomic E-state index is 14.2. The minimum Gasteiger partial charge on any atom is -0.458 e. The second kappa shape index (κ2) is 22.8.